The average Bonchev–Trinajstić information content (AvgIpc) is 3.40. The lowest BCUT2D eigenvalue weighted by atomic mass is 10.1. The molecule has 0 spiro atoms. The normalized spacial score (nSPS) is 23.0. The van der Waals surface area contributed by atoms with Crippen LogP contribution < -0.4 is 10.2 Å². The van der Waals surface area contributed by atoms with Crippen molar-refractivity contribution in [2.75, 3.05) is 37.0 Å². The van der Waals surface area contributed by atoms with Crippen LogP contribution in [0.4, 0.5) is 11.4 Å². The summed E-state index contributed by atoms with van der Waals surface area (Å²) in [6.07, 6.45) is 7.82. The first kappa shape index (κ1) is 18.4. The summed E-state index contributed by atoms with van der Waals surface area (Å²) in [6, 6.07) is 6.38. The maximum absolute atomic E-state index is 13.0. The van der Waals surface area contributed by atoms with E-state index < -0.39 is 0 Å². The number of carbonyl (C=O) groups is 2. The number of nitrogens with zero attached hydrogens (tertiary/aromatic N) is 2. The molecule has 1 atom stereocenters. The van der Waals surface area contributed by atoms with Crippen molar-refractivity contribution in [3.05, 3.63) is 23.8 Å². The van der Waals surface area contributed by atoms with Crippen LogP contribution in [-0.4, -0.2) is 55.6 Å². The third kappa shape index (κ3) is 3.60. The number of hydrogen-bond acceptors (Lipinski definition) is 4. The number of rotatable bonds is 5. The highest BCUT2D eigenvalue weighted by Crippen LogP contribution is 2.35. The third-order valence-electron chi connectivity index (χ3n) is 6.24. The Morgan fingerprint density at radius 2 is 1.96 bits per heavy atom. The second-order valence-corrected chi connectivity index (χ2v) is 7.86. The van der Waals surface area contributed by atoms with Gasteiger partial charge in [0.2, 0.25) is 5.91 Å². The summed E-state index contributed by atoms with van der Waals surface area (Å²) in [6.45, 7) is 1.76. The third-order valence-corrected chi connectivity index (χ3v) is 6.24. The number of amides is 2. The number of likely N-dealkylation sites (tertiary alicyclic amines) is 1. The van der Waals surface area contributed by atoms with Gasteiger partial charge in [0.25, 0.3) is 5.91 Å². The van der Waals surface area contributed by atoms with E-state index >= 15 is 0 Å². The molecule has 1 saturated carbocycles. The first-order valence-corrected chi connectivity index (χ1v) is 10.2. The van der Waals surface area contributed by atoms with Gasteiger partial charge in [-0.15, -0.1) is 0 Å². The van der Waals surface area contributed by atoms with Crippen molar-refractivity contribution in [2.24, 2.45) is 0 Å². The minimum absolute atomic E-state index is 0.0171. The molecular weight excluding hydrogens is 342 g/mol. The Bertz CT molecular complexity index is 715. The van der Waals surface area contributed by atoms with E-state index in [-0.39, 0.29) is 24.5 Å². The highest BCUT2D eigenvalue weighted by Gasteiger charge is 2.37. The van der Waals surface area contributed by atoms with Crippen molar-refractivity contribution in [3.8, 4) is 0 Å². The summed E-state index contributed by atoms with van der Waals surface area (Å²) < 4.78 is 4.99. The molecule has 2 fully saturated rings. The first-order valence-electron chi connectivity index (χ1n) is 10.2. The number of carbonyl (C=O) groups excluding carboxylic acids is 2. The molecule has 0 bridgehead atoms. The van der Waals surface area contributed by atoms with E-state index in [1.54, 1.807) is 4.90 Å². The molecule has 6 heteroatoms. The molecule has 1 aromatic carbocycles. The molecule has 146 valence electrons. The van der Waals surface area contributed by atoms with Gasteiger partial charge in [0, 0.05) is 36.6 Å². The SMILES string of the molecule is COCC(=O)N1CCc2c(NC(=O)C3CCCN3C3CCCC3)cccc21. The van der Waals surface area contributed by atoms with Gasteiger partial charge >= 0.3 is 0 Å². The van der Waals surface area contributed by atoms with Gasteiger partial charge in [-0.2, -0.15) is 0 Å². The Labute approximate surface area is 160 Å². The predicted molar refractivity (Wildman–Crippen MR) is 105 cm³/mol. The van der Waals surface area contributed by atoms with Gasteiger partial charge in [-0.05, 0) is 50.8 Å². The molecule has 6 nitrogen and oxygen atoms in total. The van der Waals surface area contributed by atoms with Crippen LogP contribution in [0.15, 0.2) is 18.2 Å². The van der Waals surface area contributed by atoms with E-state index in [1.807, 2.05) is 18.2 Å². The molecule has 1 aliphatic carbocycles. The van der Waals surface area contributed by atoms with Crippen LogP contribution in [-0.2, 0) is 20.7 Å². The number of anilines is 2. The number of methoxy groups -OCH3 is 1. The molecule has 4 rings (SSSR count). The summed E-state index contributed by atoms with van der Waals surface area (Å²) in [4.78, 5) is 29.5. The van der Waals surface area contributed by atoms with Gasteiger partial charge in [-0.1, -0.05) is 18.9 Å². The molecule has 0 aromatic heterocycles. The lowest BCUT2D eigenvalue weighted by Crippen LogP contribution is -2.44. The van der Waals surface area contributed by atoms with Crippen molar-refractivity contribution in [1.82, 2.24) is 4.90 Å². The summed E-state index contributed by atoms with van der Waals surface area (Å²) >= 11 is 0. The van der Waals surface area contributed by atoms with E-state index in [0.717, 1.165) is 42.7 Å². The minimum Gasteiger partial charge on any atom is -0.375 e. The highest BCUT2D eigenvalue weighted by molar-refractivity contribution is 6.00. The van der Waals surface area contributed by atoms with E-state index in [4.69, 9.17) is 4.74 Å². The van der Waals surface area contributed by atoms with Crippen LogP contribution in [0.3, 0.4) is 0 Å². The second-order valence-electron chi connectivity index (χ2n) is 7.86. The number of ether oxygens (including phenoxy) is 1. The molecule has 2 heterocycles. The van der Waals surface area contributed by atoms with Crippen LogP contribution >= 0.6 is 0 Å². The maximum Gasteiger partial charge on any atom is 0.252 e. The van der Waals surface area contributed by atoms with Gasteiger partial charge in [0.05, 0.1) is 6.04 Å². The molecule has 1 aromatic rings. The van der Waals surface area contributed by atoms with Crippen LogP contribution in [0, 0.1) is 0 Å². The molecule has 1 N–H and O–H groups in total. The van der Waals surface area contributed by atoms with Crippen molar-refractivity contribution in [2.45, 2.75) is 57.0 Å². The van der Waals surface area contributed by atoms with Gasteiger partial charge in [0.1, 0.15) is 6.61 Å². The van der Waals surface area contributed by atoms with Crippen molar-refractivity contribution < 1.29 is 14.3 Å². The fourth-order valence-corrected chi connectivity index (χ4v) is 4.97. The monoisotopic (exact) mass is 371 g/mol. The fourth-order valence-electron chi connectivity index (χ4n) is 4.97. The zero-order chi connectivity index (χ0) is 18.8. The predicted octanol–water partition coefficient (Wildman–Crippen LogP) is 2.57. The number of hydrogen-bond donors (Lipinski definition) is 1. The van der Waals surface area contributed by atoms with Crippen LogP contribution in [0.1, 0.15) is 44.1 Å². The quantitative estimate of drug-likeness (QED) is 0.864. The van der Waals surface area contributed by atoms with Gasteiger partial charge in [0.15, 0.2) is 0 Å². The van der Waals surface area contributed by atoms with Gasteiger partial charge in [-0.3, -0.25) is 14.5 Å². The van der Waals surface area contributed by atoms with Crippen LogP contribution in [0.5, 0.6) is 0 Å². The average molecular weight is 371 g/mol. The molecule has 0 radical (unpaired) electrons. The van der Waals surface area contributed by atoms with E-state index in [9.17, 15) is 9.59 Å². The minimum atomic E-state index is -0.0390. The van der Waals surface area contributed by atoms with Gasteiger partial charge < -0.3 is 15.0 Å². The Hall–Kier alpha value is -1.92. The van der Waals surface area contributed by atoms with Crippen molar-refractivity contribution >= 4 is 23.2 Å². The summed E-state index contributed by atoms with van der Waals surface area (Å²) in [5.41, 5.74) is 2.80. The second kappa shape index (κ2) is 7.98. The Morgan fingerprint density at radius 1 is 1.15 bits per heavy atom. The van der Waals surface area contributed by atoms with Gasteiger partial charge in [-0.25, -0.2) is 0 Å². The molecule has 2 amide bonds. The molecular formula is C21H29N3O3. The lowest BCUT2D eigenvalue weighted by molar-refractivity contribution is -0.122. The molecule has 1 unspecified atom stereocenters. The smallest absolute Gasteiger partial charge is 0.252 e. The summed E-state index contributed by atoms with van der Waals surface area (Å²) in [7, 11) is 1.53. The Morgan fingerprint density at radius 3 is 2.74 bits per heavy atom. The molecule has 2 aliphatic heterocycles. The first-order chi connectivity index (χ1) is 13.2. The van der Waals surface area contributed by atoms with Crippen molar-refractivity contribution in [1.29, 1.82) is 0 Å². The number of nitrogens with one attached hydrogen (secondary N) is 1. The topological polar surface area (TPSA) is 61.9 Å². The van der Waals surface area contributed by atoms with E-state index in [0.29, 0.717) is 12.6 Å². The zero-order valence-corrected chi connectivity index (χ0v) is 16.1. The largest absolute Gasteiger partial charge is 0.375 e. The number of fused-ring (bicyclic) bond motifs is 1. The van der Waals surface area contributed by atoms with Crippen LogP contribution in [0.2, 0.25) is 0 Å². The number of benzene rings is 1. The van der Waals surface area contributed by atoms with E-state index in [2.05, 4.69) is 10.2 Å². The standard InChI is InChI=1S/C21H29N3O3/c1-27-14-20(25)24-13-11-16-17(8-4-9-18(16)24)22-21(26)19-10-5-12-23(19)15-6-2-3-7-15/h4,8-9,15,19H,2-3,5-7,10-14H2,1H3,(H,22,26). The highest BCUT2D eigenvalue weighted by atomic mass is 16.5. The fraction of sp³-hybridized carbons (Fsp3) is 0.619. The zero-order valence-electron chi connectivity index (χ0n) is 16.1. The summed E-state index contributed by atoms with van der Waals surface area (Å²) in [5, 5.41) is 3.18. The lowest BCUT2D eigenvalue weighted by Gasteiger charge is -2.29. The Kier molecular flexibility index (Phi) is 5.45. The molecule has 3 aliphatic rings. The maximum atomic E-state index is 13.0. The molecule has 27 heavy (non-hydrogen) atoms. The van der Waals surface area contributed by atoms with Crippen molar-refractivity contribution in [3.63, 3.8) is 0 Å². The Balaban J connectivity index is 1.48. The summed E-state index contributed by atoms with van der Waals surface area (Å²) in [5.74, 6) is 0.0670. The van der Waals surface area contributed by atoms with Crippen LogP contribution in [0.25, 0.3) is 0 Å². The molecule has 1 saturated heterocycles. The van der Waals surface area contributed by atoms with E-state index in [1.165, 1.54) is 32.8 Å².